The second-order valence-electron chi connectivity index (χ2n) is 7.42. The third-order valence-electron chi connectivity index (χ3n) is 5.02. The number of hydrogen-bond donors (Lipinski definition) is 3. The number of imidazole rings is 1. The van der Waals surface area contributed by atoms with Crippen LogP contribution in [0.25, 0.3) is 0 Å². The lowest BCUT2D eigenvalue weighted by atomic mass is 9.83. The lowest BCUT2D eigenvalue weighted by Gasteiger charge is -2.35. The van der Waals surface area contributed by atoms with Crippen LogP contribution in [-0.4, -0.2) is 68.2 Å². The summed E-state index contributed by atoms with van der Waals surface area (Å²) < 4.78 is 7.50. The Morgan fingerprint density at radius 1 is 1.22 bits per heavy atom. The van der Waals surface area contributed by atoms with Crippen molar-refractivity contribution in [2.75, 3.05) is 13.7 Å². The van der Waals surface area contributed by atoms with Gasteiger partial charge >= 0.3 is 0 Å². The highest BCUT2D eigenvalue weighted by Crippen LogP contribution is 2.27. The Morgan fingerprint density at radius 3 is 2.62 bits per heavy atom. The number of aromatic nitrogens is 4. The topological polar surface area (TPSA) is 148 Å². The van der Waals surface area contributed by atoms with Crippen molar-refractivity contribution < 1.29 is 24.2 Å². The van der Waals surface area contributed by atoms with Crippen molar-refractivity contribution in [3.05, 3.63) is 43.0 Å². The second kappa shape index (κ2) is 13.2. The molecule has 1 aliphatic carbocycles. The van der Waals surface area contributed by atoms with E-state index in [0.717, 1.165) is 32.7 Å². The molecule has 0 spiro atoms. The first-order valence-electron chi connectivity index (χ1n) is 10.4. The average molecular weight is 447 g/mol. The van der Waals surface area contributed by atoms with E-state index >= 15 is 0 Å². The Balaban J connectivity index is 0.000000837. The van der Waals surface area contributed by atoms with Gasteiger partial charge in [0, 0.05) is 57.8 Å². The molecule has 1 aliphatic rings. The van der Waals surface area contributed by atoms with E-state index in [1.807, 2.05) is 10.8 Å². The molecule has 32 heavy (non-hydrogen) atoms. The minimum absolute atomic E-state index is 0.0268. The van der Waals surface area contributed by atoms with Crippen LogP contribution in [0, 0.1) is 5.92 Å². The van der Waals surface area contributed by atoms with E-state index in [-0.39, 0.29) is 35.6 Å². The molecule has 3 rings (SSSR count). The molecule has 0 aliphatic heterocycles. The molecule has 2 aromatic heterocycles. The number of carboxylic acids is 1. The molecule has 2 amide bonds. The maximum absolute atomic E-state index is 12.5. The van der Waals surface area contributed by atoms with E-state index in [1.165, 1.54) is 18.6 Å². The predicted molar refractivity (Wildman–Crippen MR) is 115 cm³/mol. The van der Waals surface area contributed by atoms with Gasteiger partial charge in [0.2, 0.25) is 5.91 Å². The quantitative estimate of drug-likeness (QED) is 0.506. The van der Waals surface area contributed by atoms with Crippen LogP contribution >= 0.6 is 0 Å². The summed E-state index contributed by atoms with van der Waals surface area (Å²) in [6, 6.07) is -0.241. The first-order chi connectivity index (χ1) is 15.4. The monoisotopic (exact) mass is 446 g/mol. The van der Waals surface area contributed by atoms with Gasteiger partial charge in [-0.05, 0) is 25.7 Å². The van der Waals surface area contributed by atoms with E-state index < -0.39 is 5.97 Å². The zero-order chi connectivity index (χ0) is 23.3. The van der Waals surface area contributed by atoms with Crippen LogP contribution in [-0.2, 0) is 20.9 Å². The minimum atomic E-state index is -0.833. The number of nitrogens with one attached hydrogen (secondary N) is 2. The fraction of sp³-hybridized carbons (Fsp3) is 0.524. The van der Waals surface area contributed by atoms with Gasteiger partial charge in [0.05, 0.1) is 24.7 Å². The van der Waals surface area contributed by atoms with Crippen molar-refractivity contribution in [1.82, 2.24) is 30.2 Å². The summed E-state index contributed by atoms with van der Waals surface area (Å²) in [5, 5.41) is 13.4. The Hall–Kier alpha value is -3.34. The van der Waals surface area contributed by atoms with Gasteiger partial charge in [0.25, 0.3) is 11.9 Å². The molecule has 0 unspecified atom stereocenters. The van der Waals surface area contributed by atoms with Crippen molar-refractivity contribution >= 4 is 17.8 Å². The van der Waals surface area contributed by atoms with Gasteiger partial charge in [0.1, 0.15) is 5.69 Å². The summed E-state index contributed by atoms with van der Waals surface area (Å²) in [5.74, 6) is -1.26. The van der Waals surface area contributed by atoms with Crippen LogP contribution < -0.4 is 10.6 Å². The van der Waals surface area contributed by atoms with E-state index in [0.29, 0.717) is 13.0 Å². The molecule has 2 heterocycles. The second-order valence-corrected chi connectivity index (χ2v) is 7.42. The van der Waals surface area contributed by atoms with Crippen molar-refractivity contribution in [3.8, 4) is 0 Å². The molecule has 0 bridgehead atoms. The maximum atomic E-state index is 12.5. The maximum Gasteiger partial charge on any atom is 0.300 e. The Bertz CT molecular complexity index is 842. The zero-order valence-corrected chi connectivity index (χ0v) is 18.3. The van der Waals surface area contributed by atoms with Crippen molar-refractivity contribution in [3.63, 3.8) is 0 Å². The standard InChI is InChI=1S/C19H26N6O3.C2H4O2/c1-28-17-4-3-14(18(26)23-5-2-9-25-10-8-21-13-25)11-15(17)24-19(27)16-12-20-6-7-22-16;1-2(3)4/h6-8,10,12-15,17H,2-5,9,11H2,1H3,(H,23,26)(H,24,27);1H3,(H,3,4)/t14-,15+,17+;/m0./s1. The molecule has 11 heteroatoms. The minimum Gasteiger partial charge on any atom is -0.481 e. The van der Waals surface area contributed by atoms with Gasteiger partial charge in [-0.1, -0.05) is 0 Å². The average Bonchev–Trinajstić information content (AvgIpc) is 3.30. The van der Waals surface area contributed by atoms with E-state index in [2.05, 4.69) is 25.6 Å². The molecular formula is C21H30N6O5. The van der Waals surface area contributed by atoms with Crippen molar-refractivity contribution in [2.24, 2.45) is 5.92 Å². The summed E-state index contributed by atoms with van der Waals surface area (Å²) in [4.78, 5) is 45.9. The number of methoxy groups -OCH3 is 1. The van der Waals surface area contributed by atoms with Crippen LogP contribution in [0.15, 0.2) is 37.3 Å². The lowest BCUT2D eigenvalue weighted by molar-refractivity contribution is -0.134. The van der Waals surface area contributed by atoms with Gasteiger partial charge < -0.3 is 25.0 Å². The van der Waals surface area contributed by atoms with Crippen LogP contribution in [0.3, 0.4) is 0 Å². The molecule has 174 valence electrons. The zero-order valence-electron chi connectivity index (χ0n) is 18.3. The number of ether oxygens (including phenoxy) is 1. The van der Waals surface area contributed by atoms with Crippen molar-refractivity contribution in [2.45, 2.75) is 51.3 Å². The number of carbonyl (C=O) groups excluding carboxylic acids is 2. The summed E-state index contributed by atoms with van der Waals surface area (Å²) in [6.07, 6.45) is 12.5. The number of aryl methyl sites for hydroxylation is 1. The summed E-state index contributed by atoms with van der Waals surface area (Å²) in [5.41, 5.74) is 0.253. The fourth-order valence-corrected chi connectivity index (χ4v) is 3.51. The highest BCUT2D eigenvalue weighted by Gasteiger charge is 2.35. The van der Waals surface area contributed by atoms with Gasteiger partial charge in [0.15, 0.2) is 0 Å². The SMILES string of the molecule is CC(=O)O.CO[C@@H]1CC[C@H](C(=O)NCCCn2ccnc2)C[C@H]1NC(=O)c1cnccn1. The van der Waals surface area contributed by atoms with Gasteiger partial charge in [-0.25, -0.2) is 9.97 Å². The van der Waals surface area contributed by atoms with Gasteiger partial charge in [-0.2, -0.15) is 0 Å². The summed E-state index contributed by atoms with van der Waals surface area (Å²) >= 11 is 0. The van der Waals surface area contributed by atoms with Gasteiger partial charge in [-0.3, -0.25) is 19.4 Å². The Kier molecular flexibility index (Phi) is 10.2. The van der Waals surface area contributed by atoms with Crippen molar-refractivity contribution in [1.29, 1.82) is 0 Å². The third kappa shape index (κ3) is 8.42. The predicted octanol–water partition coefficient (Wildman–Crippen LogP) is 0.884. The molecule has 11 nitrogen and oxygen atoms in total. The first kappa shape index (κ1) is 24.9. The molecule has 2 aromatic rings. The number of hydrogen-bond acceptors (Lipinski definition) is 7. The number of aliphatic carboxylic acids is 1. The van der Waals surface area contributed by atoms with Gasteiger partial charge in [-0.15, -0.1) is 0 Å². The molecule has 0 saturated heterocycles. The fourth-order valence-electron chi connectivity index (χ4n) is 3.51. The molecule has 0 radical (unpaired) electrons. The Labute approximate surface area is 186 Å². The number of amides is 2. The molecule has 0 aromatic carbocycles. The lowest BCUT2D eigenvalue weighted by Crippen LogP contribution is -2.50. The first-order valence-corrected chi connectivity index (χ1v) is 10.4. The molecule has 3 atom stereocenters. The molecule has 1 saturated carbocycles. The van der Waals surface area contributed by atoms with Crippen LogP contribution in [0.4, 0.5) is 0 Å². The number of nitrogens with zero attached hydrogens (tertiary/aromatic N) is 4. The number of rotatable bonds is 8. The molecule has 1 fully saturated rings. The normalized spacial score (nSPS) is 19.9. The molecular weight excluding hydrogens is 416 g/mol. The molecule has 3 N–H and O–H groups in total. The smallest absolute Gasteiger partial charge is 0.300 e. The largest absolute Gasteiger partial charge is 0.481 e. The number of carbonyl (C=O) groups is 3. The van der Waals surface area contributed by atoms with Crippen LogP contribution in [0.2, 0.25) is 0 Å². The van der Waals surface area contributed by atoms with E-state index in [9.17, 15) is 9.59 Å². The number of carboxylic acid groups (broad SMARTS) is 1. The third-order valence-corrected chi connectivity index (χ3v) is 5.02. The summed E-state index contributed by atoms with van der Waals surface area (Å²) in [7, 11) is 1.63. The van der Waals surface area contributed by atoms with E-state index in [1.54, 1.807) is 19.6 Å². The Morgan fingerprint density at radius 2 is 2.00 bits per heavy atom. The van der Waals surface area contributed by atoms with Crippen LogP contribution in [0.5, 0.6) is 0 Å². The summed E-state index contributed by atoms with van der Waals surface area (Å²) in [6.45, 7) is 2.51. The van der Waals surface area contributed by atoms with E-state index in [4.69, 9.17) is 14.6 Å². The highest BCUT2D eigenvalue weighted by atomic mass is 16.5. The van der Waals surface area contributed by atoms with Crippen LogP contribution in [0.1, 0.15) is 43.1 Å². The highest BCUT2D eigenvalue weighted by molar-refractivity contribution is 5.92.